The van der Waals surface area contributed by atoms with Crippen LogP contribution in [0.3, 0.4) is 0 Å². The third-order valence-electron chi connectivity index (χ3n) is 7.72. The minimum atomic E-state index is -0.436. The molecule has 2 aromatic heterocycles. The number of benzene rings is 1. The molecule has 1 aromatic carbocycles. The van der Waals surface area contributed by atoms with E-state index in [0.29, 0.717) is 61.4 Å². The number of aromatic nitrogens is 3. The molecule has 0 saturated carbocycles. The van der Waals surface area contributed by atoms with Crippen LogP contribution in [0.2, 0.25) is 10.0 Å². The number of halogens is 2. The summed E-state index contributed by atoms with van der Waals surface area (Å²) in [6.45, 7) is 2.18. The van der Waals surface area contributed by atoms with E-state index in [0.717, 1.165) is 11.3 Å². The van der Waals surface area contributed by atoms with Gasteiger partial charge in [0.2, 0.25) is 5.91 Å². The Labute approximate surface area is 248 Å². The van der Waals surface area contributed by atoms with Gasteiger partial charge in [-0.3, -0.25) is 14.7 Å². The summed E-state index contributed by atoms with van der Waals surface area (Å²) in [5.74, 6) is -0.0282. The summed E-state index contributed by atoms with van der Waals surface area (Å²) in [5, 5.41) is 18.4. The summed E-state index contributed by atoms with van der Waals surface area (Å²) in [5.41, 5.74) is 1.97. The first kappa shape index (κ1) is 28.6. The standard InChI is InChI=1S/C29H29Cl2N7O3/c1-41-29(40)38-14-13-36(12-2-3-26(38)19-4-6-20(30)7-5-19)28(39)24-18-37(27-11-9-22(15-32)34-35-27)17-23(24)25-10-8-21(31)16-33-25/h4-11,16,23-24,26H,2-3,12-14,17-18H2,1H3/t23-,24-,26+/m1/s1. The number of pyridine rings is 1. The molecule has 41 heavy (non-hydrogen) atoms. The predicted octanol–water partition coefficient (Wildman–Crippen LogP) is 4.70. The molecule has 3 aromatic rings. The summed E-state index contributed by atoms with van der Waals surface area (Å²) in [6, 6.07) is 16.3. The average molecular weight is 595 g/mol. The highest BCUT2D eigenvalue weighted by molar-refractivity contribution is 6.30. The van der Waals surface area contributed by atoms with Gasteiger partial charge in [0.1, 0.15) is 6.07 Å². The average Bonchev–Trinajstić information content (AvgIpc) is 3.43. The van der Waals surface area contributed by atoms with Gasteiger partial charge in [0.15, 0.2) is 11.5 Å². The van der Waals surface area contributed by atoms with Crippen molar-refractivity contribution in [2.75, 3.05) is 44.7 Å². The normalized spacial score (nSPS) is 21.1. The van der Waals surface area contributed by atoms with Gasteiger partial charge in [-0.05, 0) is 54.8 Å². The second-order valence-corrected chi connectivity index (χ2v) is 11.0. The maximum absolute atomic E-state index is 14.1. The third-order valence-corrected chi connectivity index (χ3v) is 8.20. The highest BCUT2D eigenvalue weighted by atomic mass is 35.5. The van der Waals surface area contributed by atoms with Gasteiger partial charge in [-0.2, -0.15) is 5.26 Å². The lowest BCUT2D eigenvalue weighted by molar-refractivity contribution is -0.136. The van der Waals surface area contributed by atoms with Gasteiger partial charge in [0, 0.05) is 55.6 Å². The van der Waals surface area contributed by atoms with Crippen LogP contribution in [-0.4, -0.2) is 76.8 Å². The fourth-order valence-electron chi connectivity index (χ4n) is 5.65. The highest BCUT2D eigenvalue weighted by Gasteiger charge is 2.42. The predicted molar refractivity (Wildman–Crippen MR) is 154 cm³/mol. The quantitative estimate of drug-likeness (QED) is 0.427. The van der Waals surface area contributed by atoms with Crippen molar-refractivity contribution in [2.45, 2.75) is 24.8 Å². The molecule has 0 bridgehead atoms. The van der Waals surface area contributed by atoms with Crippen molar-refractivity contribution < 1.29 is 14.3 Å². The Morgan fingerprint density at radius 1 is 0.976 bits per heavy atom. The molecule has 2 saturated heterocycles. The summed E-state index contributed by atoms with van der Waals surface area (Å²) in [6.07, 6.45) is 2.52. The Bertz CT molecular complexity index is 1410. The molecule has 212 valence electrons. The summed E-state index contributed by atoms with van der Waals surface area (Å²) in [4.78, 5) is 37.1. The Morgan fingerprint density at radius 3 is 2.41 bits per heavy atom. The van der Waals surface area contributed by atoms with Gasteiger partial charge in [-0.1, -0.05) is 35.3 Å². The number of rotatable bonds is 4. The maximum atomic E-state index is 14.1. The van der Waals surface area contributed by atoms with E-state index in [2.05, 4.69) is 15.2 Å². The number of carbonyl (C=O) groups excluding carboxylic acids is 2. The number of nitriles is 1. The summed E-state index contributed by atoms with van der Waals surface area (Å²) in [7, 11) is 1.37. The van der Waals surface area contributed by atoms with Gasteiger partial charge in [-0.25, -0.2) is 4.79 Å². The second kappa shape index (κ2) is 12.7. The monoisotopic (exact) mass is 593 g/mol. The van der Waals surface area contributed by atoms with Crippen LogP contribution in [0.1, 0.15) is 41.8 Å². The number of hydrogen-bond donors (Lipinski definition) is 0. The van der Waals surface area contributed by atoms with E-state index < -0.39 is 12.0 Å². The molecule has 0 unspecified atom stereocenters. The Kier molecular flexibility index (Phi) is 8.86. The summed E-state index contributed by atoms with van der Waals surface area (Å²) < 4.78 is 5.12. The Morgan fingerprint density at radius 2 is 1.76 bits per heavy atom. The van der Waals surface area contributed by atoms with E-state index in [1.165, 1.54) is 7.11 Å². The second-order valence-electron chi connectivity index (χ2n) is 10.1. The van der Waals surface area contributed by atoms with Gasteiger partial charge in [-0.15, -0.1) is 10.2 Å². The first-order chi connectivity index (χ1) is 19.9. The van der Waals surface area contributed by atoms with E-state index in [1.54, 1.807) is 29.3 Å². The van der Waals surface area contributed by atoms with Crippen LogP contribution in [0.15, 0.2) is 54.7 Å². The van der Waals surface area contributed by atoms with Gasteiger partial charge < -0.3 is 14.5 Å². The molecule has 4 heterocycles. The first-order valence-electron chi connectivity index (χ1n) is 13.4. The lowest BCUT2D eigenvalue weighted by Crippen LogP contribution is -2.47. The van der Waals surface area contributed by atoms with E-state index in [4.69, 9.17) is 33.2 Å². The van der Waals surface area contributed by atoms with Gasteiger partial charge in [0.05, 0.1) is 24.1 Å². The van der Waals surface area contributed by atoms with E-state index >= 15 is 0 Å². The molecule has 0 N–H and O–H groups in total. The number of amides is 2. The van der Waals surface area contributed by atoms with Crippen LogP contribution in [0, 0.1) is 17.2 Å². The van der Waals surface area contributed by atoms with Crippen LogP contribution in [0.25, 0.3) is 0 Å². The molecule has 12 heteroatoms. The molecule has 10 nitrogen and oxygen atoms in total. The molecule has 2 fully saturated rings. The Hall–Kier alpha value is -3.94. The van der Waals surface area contributed by atoms with Crippen molar-refractivity contribution in [3.05, 3.63) is 81.7 Å². The fraction of sp³-hybridized carbons (Fsp3) is 0.379. The number of carbonyl (C=O) groups is 2. The van der Waals surface area contributed by atoms with Crippen molar-refractivity contribution in [2.24, 2.45) is 5.92 Å². The lowest BCUT2D eigenvalue weighted by Gasteiger charge is -2.37. The van der Waals surface area contributed by atoms with Crippen molar-refractivity contribution in [3.8, 4) is 6.07 Å². The van der Waals surface area contributed by atoms with Crippen molar-refractivity contribution in [1.82, 2.24) is 25.0 Å². The topological polar surface area (TPSA) is 116 Å². The zero-order valence-electron chi connectivity index (χ0n) is 22.5. The van der Waals surface area contributed by atoms with Crippen LogP contribution in [0.4, 0.5) is 10.6 Å². The molecule has 2 aliphatic rings. The Balaban J connectivity index is 1.38. The molecule has 0 radical (unpaired) electrons. The zero-order valence-corrected chi connectivity index (χ0v) is 24.0. The smallest absolute Gasteiger partial charge is 0.410 e. The van der Waals surface area contributed by atoms with Gasteiger partial charge in [0.25, 0.3) is 0 Å². The highest BCUT2D eigenvalue weighted by Crippen LogP contribution is 2.36. The minimum Gasteiger partial charge on any atom is -0.453 e. The van der Waals surface area contributed by atoms with Gasteiger partial charge >= 0.3 is 6.09 Å². The summed E-state index contributed by atoms with van der Waals surface area (Å²) >= 11 is 12.2. The minimum absolute atomic E-state index is 0.00869. The number of anilines is 1. The third kappa shape index (κ3) is 6.37. The molecule has 3 atom stereocenters. The van der Waals surface area contributed by atoms with Crippen molar-refractivity contribution >= 4 is 41.0 Å². The maximum Gasteiger partial charge on any atom is 0.410 e. The van der Waals surface area contributed by atoms with Crippen LogP contribution in [-0.2, 0) is 9.53 Å². The lowest BCUT2D eigenvalue weighted by atomic mass is 9.90. The van der Waals surface area contributed by atoms with Crippen molar-refractivity contribution in [3.63, 3.8) is 0 Å². The molecule has 0 aliphatic carbocycles. The fourth-order valence-corrected chi connectivity index (χ4v) is 5.89. The van der Waals surface area contributed by atoms with E-state index in [-0.39, 0.29) is 23.6 Å². The number of hydrogen-bond acceptors (Lipinski definition) is 8. The van der Waals surface area contributed by atoms with Crippen LogP contribution in [0.5, 0.6) is 0 Å². The SMILES string of the molecule is COC(=O)N1CCN(C(=O)[C@@H]2CN(c3ccc(C#N)nn3)C[C@H]2c2ccc(Cl)cn2)CCC[C@H]1c1ccc(Cl)cc1. The van der Waals surface area contributed by atoms with Crippen LogP contribution >= 0.6 is 23.2 Å². The molecule has 5 rings (SSSR count). The number of methoxy groups -OCH3 is 1. The number of nitrogens with zero attached hydrogens (tertiary/aromatic N) is 7. The van der Waals surface area contributed by atoms with E-state index in [9.17, 15) is 9.59 Å². The van der Waals surface area contributed by atoms with Crippen LogP contribution < -0.4 is 4.90 Å². The largest absolute Gasteiger partial charge is 0.453 e. The molecule has 2 amide bonds. The zero-order chi connectivity index (χ0) is 28.9. The van der Waals surface area contributed by atoms with Crippen molar-refractivity contribution in [1.29, 1.82) is 5.26 Å². The first-order valence-corrected chi connectivity index (χ1v) is 14.1. The molecule has 2 aliphatic heterocycles. The molecular formula is C29H29Cl2N7O3. The van der Waals surface area contributed by atoms with E-state index in [1.807, 2.05) is 46.2 Å². The molecular weight excluding hydrogens is 565 g/mol. The number of ether oxygens (including phenoxy) is 1. The molecule has 0 spiro atoms.